The van der Waals surface area contributed by atoms with Gasteiger partial charge >= 0.3 is 0 Å². The van der Waals surface area contributed by atoms with Crippen molar-refractivity contribution < 1.29 is 0 Å². The van der Waals surface area contributed by atoms with Gasteiger partial charge in [0.15, 0.2) is 0 Å². The van der Waals surface area contributed by atoms with Crippen LogP contribution in [0.15, 0.2) is 4.99 Å². The van der Waals surface area contributed by atoms with Crippen LogP contribution >= 0.6 is 0 Å². The average molecular weight is 232 g/mol. The van der Waals surface area contributed by atoms with E-state index in [-0.39, 0.29) is 5.66 Å². The Morgan fingerprint density at radius 3 is 2.59 bits per heavy atom. The van der Waals surface area contributed by atoms with Gasteiger partial charge in [0.05, 0.1) is 11.3 Å². The van der Waals surface area contributed by atoms with Crippen molar-refractivity contribution >= 4 is 12.0 Å². The molecule has 0 atom stereocenters. The fourth-order valence-electron chi connectivity index (χ4n) is 1.84. The third-order valence-corrected chi connectivity index (χ3v) is 2.83. The largest absolute Gasteiger partial charge is 0.346 e. The highest BCUT2D eigenvalue weighted by molar-refractivity contribution is 5.90. The van der Waals surface area contributed by atoms with E-state index in [1.54, 1.807) is 0 Å². The van der Waals surface area contributed by atoms with Gasteiger partial charge in [-0.15, -0.1) is 0 Å². The number of nitrogens with one attached hydrogen (secondary N) is 1. The molecule has 2 rings (SSSR count). The molecular weight excluding hydrogens is 212 g/mol. The van der Waals surface area contributed by atoms with E-state index >= 15 is 0 Å². The Morgan fingerprint density at radius 2 is 2.00 bits per heavy atom. The Hall–Kier alpha value is -1.45. The number of aliphatic imine (C=N–C) groups is 1. The summed E-state index contributed by atoms with van der Waals surface area (Å²) in [6.45, 7) is 10.4. The molecule has 0 amide bonds. The SMILES string of the molecule is CCc1nc(C(C)C)nc2c1C=NC(C)(C)N2. The van der Waals surface area contributed by atoms with Crippen molar-refractivity contribution in [3.63, 3.8) is 0 Å². The summed E-state index contributed by atoms with van der Waals surface area (Å²) in [5.74, 6) is 2.16. The number of nitrogens with zero attached hydrogens (tertiary/aromatic N) is 3. The van der Waals surface area contributed by atoms with Gasteiger partial charge in [0.2, 0.25) is 0 Å². The van der Waals surface area contributed by atoms with E-state index in [9.17, 15) is 0 Å². The van der Waals surface area contributed by atoms with Crippen molar-refractivity contribution in [2.75, 3.05) is 5.32 Å². The fraction of sp³-hybridized carbons (Fsp3) is 0.615. The first-order chi connectivity index (χ1) is 7.93. The number of aromatic nitrogens is 2. The van der Waals surface area contributed by atoms with E-state index in [4.69, 9.17) is 0 Å². The number of fused-ring (bicyclic) bond motifs is 1. The molecule has 0 unspecified atom stereocenters. The fourth-order valence-corrected chi connectivity index (χ4v) is 1.84. The molecular formula is C13H20N4. The van der Waals surface area contributed by atoms with Gasteiger partial charge in [-0.05, 0) is 20.3 Å². The maximum atomic E-state index is 4.61. The maximum Gasteiger partial charge on any atom is 0.140 e. The van der Waals surface area contributed by atoms with Crippen molar-refractivity contribution in [2.45, 2.75) is 52.6 Å². The summed E-state index contributed by atoms with van der Waals surface area (Å²) in [5, 5.41) is 3.36. The van der Waals surface area contributed by atoms with Crippen LogP contribution < -0.4 is 5.32 Å². The lowest BCUT2D eigenvalue weighted by atomic mass is 10.1. The number of hydrogen-bond acceptors (Lipinski definition) is 4. The van der Waals surface area contributed by atoms with Crippen molar-refractivity contribution in [3.05, 3.63) is 17.1 Å². The zero-order valence-corrected chi connectivity index (χ0v) is 11.2. The zero-order chi connectivity index (χ0) is 12.6. The third kappa shape index (κ3) is 2.30. The lowest BCUT2D eigenvalue weighted by Gasteiger charge is -2.28. The molecule has 0 saturated carbocycles. The minimum absolute atomic E-state index is 0.277. The molecule has 0 saturated heterocycles. The third-order valence-electron chi connectivity index (χ3n) is 2.83. The highest BCUT2D eigenvalue weighted by atomic mass is 15.2. The van der Waals surface area contributed by atoms with Crippen LogP contribution in [0.4, 0.5) is 5.82 Å². The average Bonchev–Trinajstić information content (AvgIpc) is 2.25. The summed E-state index contributed by atoms with van der Waals surface area (Å²) in [5.41, 5.74) is 1.84. The summed E-state index contributed by atoms with van der Waals surface area (Å²) in [4.78, 5) is 13.7. The molecule has 1 aliphatic rings. The van der Waals surface area contributed by atoms with Gasteiger partial charge in [0, 0.05) is 12.1 Å². The summed E-state index contributed by atoms with van der Waals surface area (Å²) < 4.78 is 0. The molecule has 0 radical (unpaired) electrons. The Bertz CT molecular complexity index is 461. The molecule has 1 aromatic rings. The summed E-state index contributed by atoms with van der Waals surface area (Å²) in [6.07, 6.45) is 2.80. The van der Waals surface area contributed by atoms with E-state index in [0.717, 1.165) is 29.3 Å². The van der Waals surface area contributed by atoms with Crippen molar-refractivity contribution in [1.82, 2.24) is 9.97 Å². The van der Waals surface area contributed by atoms with Crippen LogP contribution in [0.1, 0.15) is 57.6 Å². The Balaban J connectivity index is 2.55. The van der Waals surface area contributed by atoms with Crippen LogP contribution in [-0.2, 0) is 6.42 Å². The lowest BCUT2D eigenvalue weighted by Crippen LogP contribution is -2.33. The topological polar surface area (TPSA) is 50.2 Å². The minimum Gasteiger partial charge on any atom is -0.346 e. The quantitative estimate of drug-likeness (QED) is 0.853. The van der Waals surface area contributed by atoms with Crippen molar-refractivity contribution in [1.29, 1.82) is 0 Å². The molecule has 4 nitrogen and oxygen atoms in total. The van der Waals surface area contributed by atoms with Gasteiger partial charge in [-0.2, -0.15) is 0 Å². The highest BCUT2D eigenvalue weighted by Gasteiger charge is 2.24. The van der Waals surface area contributed by atoms with E-state index < -0.39 is 0 Å². The predicted molar refractivity (Wildman–Crippen MR) is 70.8 cm³/mol. The second-order valence-electron chi connectivity index (χ2n) is 5.24. The van der Waals surface area contributed by atoms with Crippen LogP contribution in [0.25, 0.3) is 0 Å². The van der Waals surface area contributed by atoms with Crippen LogP contribution in [0, 0.1) is 0 Å². The molecule has 1 aromatic heterocycles. The molecule has 0 bridgehead atoms. The first-order valence-electron chi connectivity index (χ1n) is 6.17. The number of aryl methyl sites for hydroxylation is 1. The minimum atomic E-state index is -0.277. The Kier molecular flexibility index (Phi) is 2.89. The first kappa shape index (κ1) is 12.0. The smallest absolute Gasteiger partial charge is 0.140 e. The van der Waals surface area contributed by atoms with Gasteiger partial charge < -0.3 is 5.32 Å². The molecule has 1 N–H and O–H groups in total. The maximum absolute atomic E-state index is 4.61. The summed E-state index contributed by atoms with van der Waals surface area (Å²) in [7, 11) is 0. The van der Waals surface area contributed by atoms with Crippen LogP contribution in [-0.4, -0.2) is 21.8 Å². The highest BCUT2D eigenvalue weighted by Crippen LogP contribution is 2.26. The van der Waals surface area contributed by atoms with Gasteiger partial charge in [0.1, 0.15) is 17.3 Å². The van der Waals surface area contributed by atoms with Gasteiger partial charge in [-0.3, -0.25) is 4.99 Å². The standard InChI is InChI=1S/C13H20N4/c1-6-10-9-7-14-13(4,5)17-12(9)16-11(15-10)8(2)3/h7-8H,6H2,1-5H3,(H,15,16,17). The predicted octanol–water partition coefficient (Wildman–Crippen LogP) is 2.74. The van der Waals surface area contributed by atoms with Gasteiger partial charge in [-0.1, -0.05) is 20.8 Å². The van der Waals surface area contributed by atoms with E-state index in [1.165, 1.54) is 0 Å². The first-order valence-corrected chi connectivity index (χ1v) is 6.17. The second-order valence-corrected chi connectivity index (χ2v) is 5.24. The summed E-state index contributed by atoms with van der Waals surface area (Å²) >= 11 is 0. The molecule has 0 fully saturated rings. The molecule has 0 aromatic carbocycles. The molecule has 1 aliphatic heterocycles. The molecule has 4 heteroatoms. The van der Waals surface area contributed by atoms with Crippen molar-refractivity contribution in [3.8, 4) is 0 Å². The van der Waals surface area contributed by atoms with E-state index in [0.29, 0.717) is 5.92 Å². The lowest BCUT2D eigenvalue weighted by molar-refractivity contribution is 0.592. The Morgan fingerprint density at radius 1 is 1.29 bits per heavy atom. The van der Waals surface area contributed by atoms with Crippen LogP contribution in [0.5, 0.6) is 0 Å². The van der Waals surface area contributed by atoms with E-state index in [1.807, 2.05) is 20.1 Å². The normalized spacial score (nSPS) is 16.8. The molecule has 92 valence electrons. The number of hydrogen-bond donors (Lipinski definition) is 1. The van der Waals surface area contributed by atoms with Crippen molar-refractivity contribution in [2.24, 2.45) is 4.99 Å². The van der Waals surface area contributed by atoms with Gasteiger partial charge in [0.25, 0.3) is 0 Å². The molecule has 2 heterocycles. The zero-order valence-electron chi connectivity index (χ0n) is 11.2. The second kappa shape index (κ2) is 4.09. The summed E-state index contributed by atoms with van der Waals surface area (Å²) in [6, 6.07) is 0. The number of rotatable bonds is 2. The number of anilines is 1. The Labute approximate surface area is 103 Å². The molecule has 17 heavy (non-hydrogen) atoms. The van der Waals surface area contributed by atoms with Gasteiger partial charge in [-0.25, -0.2) is 9.97 Å². The molecule has 0 spiro atoms. The molecule has 0 aliphatic carbocycles. The van der Waals surface area contributed by atoms with Crippen LogP contribution in [0.3, 0.4) is 0 Å². The van der Waals surface area contributed by atoms with Crippen LogP contribution in [0.2, 0.25) is 0 Å². The van der Waals surface area contributed by atoms with E-state index in [2.05, 4.69) is 41.0 Å². The monoisotopic (exact) mass is 232 g/mol.